The maximum Gasteiger partial charge on any atom is 0.0959 e. The molecule has 2 aromatic rings. The van der Waals surface area contributed by atoms with Crippen molar-refractivity contribution in [3.05, 3.63) is 30.6 Å². The number of aliphatic hydroxyl groups excluding tert-OH is 1. The van der Waals surface area contributed by atoms with Gasteiger partial charge >= 0.3 is 0 Å². The number of nitrogens with zero attached hydrogens (tertiary/aromatic N) is 2. The Hall–Kier alpha value is -1.35. The van der Waals surface area contributed by atoms with Crippen LogP contribution >= 0.6 is 0 Å². The predicted molar refractivity (Wildman–Crippen MR) is 69.9 cm³/mol. The Bertz CT molecular complexity index is 464. The van der Waals surface area contributed by atoms with Gasteiger partial charge in [-0.1, -0.05) is 38.3 Å². The van der Waals surface area contributed by atoms with Gasteiger partial charge in [-0.15, -0.1) is 0 Å². The largest absolute Gasteiger partial charge is 0.391 e. The fraction of sp³-hybridized carbons (Fsp3) is 0.500. The summed E-state index contributed by atoms with van der Waals surface area (Å²) in [4.78, 5) is 4.32. The minimum absolute atomic E-state index is 0.265. The number of para-hydroxylation sites is 2. The van der Waals surface area contributed by atoms with Gasteiger partial charge in [0.1, 0.15) is 0 Å². The number of fused-ring (bicyclic) bond motifs is 1. The minimum Gasteiger partial charge on any atom is -0.391 e. The molecule has 0 saturated carbocycles. The van der Waals surface area contributed by atoms with E-state index in [-0.39, 0.29) is 6.10 Å². The van der Waals surface area contributed by atoms with Gasteiger partial charge in [0.05, 0.1) is 30.0 Å². The zero-order chi connectivity index (χ0) is 12.1. The average molecular weight is 232 g/mol. The lowest BCUT2D eigenvalue weighted by Gasteiger charge is -2.11. The van der Waals surface area contributed by atoms with Crippen LogP contribution in [0, 0.1) is 0 Å². The van der Waals surface area contributed by atoms with Crippen molar-refractivity contribution in [1.29, 1.82) is 0 Å². The zero-order valence-corrected chi connectivity index (χ0v) is 10.3. The Labute approximate surface area is 102 Å². The van der Waals surface area contributed by atoms with Gasteiger partial charge in [-0.2, -0.15) is 0 Å². The van der Waals surface area contributed by atoms with E-state index < -0.39 is 0 Å². The Morgan fingerprint density at radius 1 is 1.29 bits per heavy atom. The van der Waals surface area contributed by atoms with E-state index in [9.17, 15) is 5.11 Å². The first-order valence-electron chi connectivity index (χ1n) is 6.39. The highest BCUT2D eigenvalue weighted by molar-refractivity contribution is 5.74. The Balaban J connectivity index is 1.98. The molecule has 1 aromatic carbocycles. The van der Waals surface area contributed by atoms with Crippen LogP contribution in [0.1, 0.15) is 32.6 Å². The SMILES string of the molecule is CCCCCC(O)Cn1cnc2ccccc21. The second-order valence-electron chi connectivity index (χ2n) is 4.54. The summed E-state index contributed by atoms with van der Waals surface area (Å²) < 4.78 is 2.03. The van der Waals surface area contributed by atoms with Gasteiger partial charge in [0.15, 0.2) is 0 Å². The number of aliphatic hydroxyl groups is 1. The molecule has 0 aliphatic rings. The highest BCUT2D eigenvalue weighted by atomic mass is 16.3. The van der Waals surface area contributed by atoms with Crippen LogP contribution in [0.4, 0.5) is 0 Å². The maximum atomic E-state index is 9.96. The first-order valence-corrected chi connectivity index (χ1v) is 6.39. The summed E-state index contributed by atoms with van der Waals surface area (Å²) in [5, 5.41) is 9.96. The van der Waals surface area contributed by atoms with Gasteiger partial charge in [0.2, 0.25) is 0 Å². The molecule has 1 unspecified atom stereocenters. The third-order valence-corrected chi connectivity index (χ3v) is 3.08. The van der Waals surface area contributed by atoms with Crippen molar-refractivity contribution in [2.75, 3.05) is 0 Å². The van der Waals surface area contributed by atoms with Crippen molar-refractivity contribution in [3.63, 3.8) is 0 Å². The summed E-state index contributed by atoms with van der Waals surface area (Å²) in [7, 11) is 0. The van der Waals surface area contributed by atoms with Crippen molar-refractivity contribution in [2.45, 2.75) is 45.3 Å². The molecule has 0 aliphatic carbocycles. The number of benzene rings is 1. The molecule has 1 heterocycles. The minimum atomic E-state index is -0.265. The van der Waals surface area contributed by atoms with Crippen LogP contribution in [-0.4, -0.2) is 20.8 Å². The lowest BCUT2D eigenvalue weighted by atomic mass is 10.1. The van der Waals surface area contributed by atoms with E-state index in [1.165, 1.54) is 12.8 Å². The standard InChI is InChI=1S/C14H20N2O/c1-2-3-4-7-12(17)10-16-11-15-13-8-5-6-9-14(13)16/h5-6,8-9,11-12,17H,2-4,7,10H2,1H3. The predicted octanol–water partition coefficient (Wildman–Crippen LogP) is 2.98. The molecule has 17 heavy (non-hydrogen) atoms. The highest BCUT2D eigenvalue weighted by Gasteiger charge is 2.07. The van der Waals surface area contributed by atoms with Crippen LogP contribution in [0.15, 0.2) is 30.6 Å². The molecule has 0 saturated heterocycles. The van der Waals surface area contributed by atoms with Gasteiger partial charge in [-0.25, -0.2) is 4.98 Å². The normalized spacial score (nSPS) is 13.1. The average Bonchev–Trinajstić information content (AvgIpc) is 2.73. The van der Waals surface area contributed by atoms with Gasteiger partial charge in [0, 0.05) is 0 Å². The molecule has 0 radical (unpaired) electrons. The van der Waals surface area contributed by atoms with Crippen LogP contribution in [0.2, 0.25) is 0 Å². The molecule has 2 rings (SSSR count). The quantitative estimate of drug-likeness (QED) is 0.777. The molecule has 1 atom stereocenters. The molecular weight excluding hydrogens is 212 g/mol. The first kappa shape index (κ1) is 12.1. The van der Waals surface area contributed by atoms with Crippen LogP contribution in [0.25, 0.3) is 11.0 Å². The van der Waals surface area contributed by atoms with Gasteiger partial charge in [0.25, 0.3) is 0 Å². The molecule has 3 nitrogen and oxygen atoms in total. The summed E-state index contributed by atoms with van der Waals surface area (Å²) in [5.41, 5.74) is 2.09. The molecule has 1 N–H and O–H groups in total. The third-order valence-electron chi connectivity index (χ3n) is 3.08. The molecule has 1 aromatic heterocycles. The van der Waals surface area contributed by atoms with Crippen molar-refractivity contribution in [3.8, 4) is 0 Å². The number of unbranched alkanes of at least 4 members (excludes halogenated alkanes) is 2. The molecule has 0 spiro atoms. The summed E-state index contributed by atoms with van der Waals surface area (Å²) in [5.74, 6) is 0. The number of hydrogen-bond donors (Lipinski definition) is 1. The van der Waals surface area contributed by atoms with E-state index in [0.717, 1.165) is 23.9 Å². The second-order valence-corrected chi connectivity index (χ2v) is 4.54. The van der Waals surface area contributed by atoms with Crippen molar-refractivity contribution >= 4 is 11.0 Å². The van der Waals surface area contributed by atoms with E-state index >= 15 is 0 Å². The zero-order valence-electron chi connectivity index (χ0n) is 10.3. The van der Waals surface area contributed by atoms with E-state index in [4.69, 9.17) is 0 Å². The Morgan fingerprint density at radius 2 is 2.12 bits per heavy atom. The van der Waals surface area contributed by atoms with Crippen molar-refractivity contribution in [1.82, 2.24) is 9.55 Å². The van der Waals surface area contributed by atoms with Gasteiger partial charge in [-0.3, -0.25) is 0 Å². The highest BCUT2D eigenvalue weighted by Crippen LogP contribution is 2.13. The topological polar surface area (TPSA) is 38.0 Å². The molecule has 0 bridgehead atoms. The monoisotopic (exact) mass is 232 g/mol. The molecular formula is C14H20N2O. The summed E-state index contributed by atoms with van der Waals surface area (Å²) in [6, 6.07) is 8.03. The van der Waals surface area contributed by atoms with Gasteiger partial charge < -0.3 is 9.67 Å². The van der Waals surface area contributed by atoms with Gasteiger partial charge in [-0.05, 0) is 18.6 Å². The Morgan fingerprint density at radius 3 is 2.94 bits per heavy atom. The number of imidazole rings is 1. The lowest BCUT2D eigenvalue weighted by molar-refractivity contribution is 0.142. The first-order chi connectivity index (χ1) is 8.31. The van der Waals surface area contributed by atoms with E-state index in [0.29, 0.717) is 6.54 Å². The van der Waals surface area contributed by atoms with Crippen LogP contribution in [0.5, 0.6) is 0 Å². The van der Waals surface area contributed by atoms with Crippen molar-refractivity contribution < 1.29 is 5.11 Å². The molecule has 3 heteroatoms. The van der Waals surface area contributed by atoms with Crippen LogP contribution in [0.3, 0.4) is 0 Å². The summed E-state index contributed by atoms with van der Waals surface area (Å²) >= 11 is 0. The fourth-order valence-electron chi connectivity index (χ4n) is 2.10. The molecule has 92 valence electrons. The Kier molecular flexibility index (Phi) is 4.15. The van der Waals surface area contributed by atoms with E-state index in [2.05, 4.69) is 11.9 Å². The third kappa shape index (κ3) is 3.07. The summed E-state index contributed by atoms with van der Waals surface area (Å²) in [6.45, 7) is 2.82. The number of hydrogen-bond acceptors (Lipinski definition) is 2. The van der Waals surface area contributed by atoms with Crippen LogP contribution in [-0.2, 0) is 6.54 Å². The molecule has 0 aliphatic heterocycles. The van der Waals surface area contributed by atoms with E-state index in [1.807, 2.05) is 35.2 Å². The van der Waals surface area contributed by atoms with E-state index in [1.54, 1.807) is 0 Å². The molecule has 0 fully saturated rings. The second kappa shape index (κ2) is 5.82. The van der Waals surface area contributed by atoms with Crippen LogP contribution < -0.4 is 0 Å². The number of rotatable bonds is 6. The smallest absolute Gasteiger partial charge is 0.0959 e. The molecule has 0 amide bonds. The maximum absolute atomic E-state index is 9.96. The number of aromatic nitrogens is 2. The summed E-state index contributed by atoms with van der Waals surface area (Å²) in [6.07, 6.45) is 5.92. The lowest BCUT2D eigenvalue weighted by Crippen LogP contribution is -2.15. The van der Waals surface area contributed by atoms with Crippen molar-refractivity contribution in [2.24, 2.45) is 0 Å². The fourth-order valence-corrected chi connectivity index (χ4v) is 2.10.